The minimum Gasteiger partial charge on any atom is -0.444 e. The van der Waals surface area contributed by atoms with Gasteiger partial charge in [-0.15, -0.1) is 0 Å². The average molecular weight is 408 g/mol. The molecule has 1 aromatic rings. The van der Waals surface area contributed by atoms with Gasteiger partial charge < -0.3 is 29.0 Å². The van der Waals surface area contributed by atoms with Crippen molar-refractivity contribution < 1.29 is 28.5 Å². The van der Waals surface area contributed by atoms with Crippen LogP contribution in [0.2, 0.25) is 0 Å². The Morgan fingerprint density at radius 3 is 2.59 bits per heavy atom. The normalized spacial score (nSPS) is 28.2. The zero-order valence-corrected chi connectivity index (χ0v) is 18.0. The van der Waals surface area contributed by atoms with Crippen LogP contribution in [-0.4, -0.2) is 48.6 Å². The molecule has 2 aliphatic heterocycles. The van der Waals surface area contributed by atoms with Crippen molar-refractivity contribution in [3.05, 3.63) is 35.9 Å². The molecule has 3 rings (SSSR count). The average Bonchev–Trinajstić information content (AvgIpc) is 3.07. The van der Waals surface area contributed by atoms with Gasteiger partial charge in [-0.3, -0.25) is 0 Å². The Hall–Kier alpha value is -1.67. The summed E-state index contributed by atoms with van der Waals surface area (Å²) in [5, 5.41) is 2.78. The number of hydrogen-bond acceptors (Lipinski definition) is 6. The fraction of sp³-hybridized carbons (Fsp3) is 0.682. The van der Waals surface area contributed by atoms with E-state index in [9.17, 15) is 4.79 Å². The van der Waals surface area contributed by atoms with E-state index in [1.54, 1.807) is 0 Å². The molecule has 2 heterocycles. The van der Waals surface area contributed by atoms with Gasteiger partial charge in [-0.05, 0) is 53.0 Å². The van der Waals surface area contributed by atoms with Crippen LogP contribution in [-0.2, 0) is 30.3 Å². The molecule has 0 saturated carbocycles. The van der Waals surface area contributed by atoms with Gasteiger partial charge in [0.2, 0.25) is 0 Å². The van der Waals surface area contributed by atoms with Crippen LogP contribution in [0.25, 0.3) is 0 Å². The van der Waals surface area contributed by atoms with E-state index in [0.29, 0.717) is 13.2 Å². The lowest BCUT2D eigenvalue weighted by atomic mass is 10.1. The van der Waals surface area contributed by atoms with Gasteiger partial charge in [0, 0.05) is 6.54 Å². The van der Waals surface area contributed by atoms with Crippen LogP contribution in [0, 0.1) is 0 Å². The zero-order valence-electron chi connectivity index (χ0n) is 18.0. The van der Waals surface area contributed by atoms with Crippen LogP contribution in [0.15, 0.2) is 30.3 Å². The van der Waals surface area contributed by atoms with E-state index in [4.69, 9.17) is 23.7 Å². The second-order valence-electron chi connectivity index (χ2n) is 8.98. The van der Waals surface area contributed by atoms with Gasteiger partial charge in [0.05, 0.1) is 12.7 Å². The van der Waals surface area contributed by atoms with Crippen LogP contribution in [0.5, 0.6) is 0 Å². The van der Waals surface area contributed by atoms with Crippen molar-refractivity contribution in [2.75, 3.05) is 6.54 Å². The molecule has 0 spiro atoms. The minimum absolute atomic E-state index is 0.162. The maximum atomic E-state index is 11.8. The van der Waals surface area contributed by atoms with E-state index in [2.05, 4.69) is 5.32 Å². The van der Waals surface area contributed by atoms with Crippen LogP contribution >= 0.6 is 0 Å². The summed E-state index contributed by atoms with van der Waals surface area (Å²) in [6.45, 7) is 10.3. The molecule has 0 bridgehead atoms. The summed E-state index contributed by atoms with van der Waals surface area (Å²) in [5.41, 5.74) is 0.591. The molecular formula is C22H33NO6. The molecular weight excluding hydrogens is 374 g/mol. The number of ether oxygens (including phenoxy) is 5. The van der Waals surface area contributed by atoms with Gasteiger partial charge in [0.25, 0.3) is 0 Å². The monoisotopic (exact) mass is 407 g/mol. The van der Waals surface area contributed by atoms with Crippen molar-refractivity contribution in [2.45, 2.75) is 90.1 Å². The molecule has 2 fully saturated rings. The lowest BCUT2D eigenvalue weighted by Gasteiger charge is -2.26. The van der Waals surface area contributed by atoms with Gasteiger partial charge in [-0.25, -0.2) is 4.79 Å². The Morgan fingerprint density at radius 2 is 1.90 bits per heavy atom. The molecule has 1 unspecified atom stereocenters. The molecule has 1 N–H and O–H groups in total. The maximum Gasteiger partial charge on any atom is 0.407 e. The summed E-state index contributed by atoms with van der Waals surface area (Å²) in [5.74, 6) is -0.688. The Morgan fingerprint density at radius 1 is 1.17 bits per heavy atom. The number of rotatable bonds is 7. The lowest BCUT2D eigenvalue weighted by molar-refractivity contribution is -0.219. The van der Waals surface area contributed by atoms with Gasteiger partial charge in [-0.1, -0.05) is 30.3 Å². The van der Waals surface area contributed by atoms with Crippen molar-refractivity contribution in [3.8, 4) is 0 Å². The maximum absolute atomic E-state index is 11.8. The van der Waals surface area contributed by atoms with Gasteiger partial charge in [-0.2, -0.15) is 0 Å². The van der Waals surface area contributed by atoms with Crippen LogP contribution in [0.1, 0.15) is 53.0 Å². The smallest absolute Gasteiger partial charge is 0.407 e. The van der Waals surface area contributed by atoms with Crippen molar-refractivity contribution in [2.24, 2.45) is 0 Å². The molecule has 0 radical (unpaired) electrons. The summed E-state index contributed by atoms with van der Waals surface area (Å²) in [4.78, 5) is 11.8. The first-order valence-electron chi connectivity index (χ1n) is 10.3. The summed E-state index contributed by atoms with van der Waals surface area (Å²) in [6.07, 6.45) is -0.0549. The van der Waals surface area contributed by atoms with Crippen LogP contribution in [0.3, 0.4) is 0 Å². The van der Waals surface area contributed by atoms with E-state index < -0.39 is 23.8 Å². The molecule has 1 aromatic carbocycles. The van der Waals surface area contributed by atoms with Crippen molar-refractivity contribution in [1.29, 1.82) is 0 Å². The highest BCUT2D eigenvalue weighted by molar-refractivity contribution is 5.67. The summed E-state index contributed by atoms with van der Waals surface area (Å²) >= 11 is 0. The Kier molecular flexibility index (Phi) is 6.83. The molecule has 162 valence electrons. The molecule has 29 heavy (non-hydrogen) atoms. The summed E-state index contributed by atoms with van der Waals surface area (Å²) in [7, 11) is 0. The fourth-order valence-corrected chi connectivity index (χ4v) is 3.56. The summed E-state index contributed by atoms with van der Waals surface area (Å²) < 4.78 is 29.5. The molecule has 2 aliphatic rings. The molecule has 2 saturated heterocycles. The first kappa shape index (κ1) is 22.0. The summed E-state index contributed by atoms with van der Waals surface area (Å²) in [6, 6.07) is 10.0. The zero-order chi connectivity index (χ0) is 21.1. The highest BCUT2D eigenvalue weighted by Crippen LogP contribution is 2.40. The van der Waals surface area contributed by atoms with Gasteiger partial charge in [0.15, 0.2) is 12.1 Å². The van der Waals surface area contributed by atoms with E-state index in [1.165, 1.54) is 0 Å². The third kappa shape index (κ3) is 6.40. The first-order chi connectivity index (χ1) is 13.6. The van der Waals surface area contributed by atoms with Crippen LogP contribution < -0.4 is 5.32 Å². The Labute approximate surface area is 173 Å². The third-order valence-corrected chi connectivity index (χ3v) is 4.71. The van der Waals surface area contributed by atoms with E-state index >= 15 is 0 Å². The number of benzene rings is 1. The van der Waals surface area contributed by atoms with Crippen molar-refractivity contribution in [3.63, 3.8) is 0 Å². The third-order valence-electron chi connectivity index (χ3n) is 4.71. The molecule has 0 aliphatic carbocycles. The molecule has 4 atom stereocenters. The predicted octanol–water partition coefficient (Wildman–Crippen LogP) is 3.75. The first-order valence-corrected chi connectivity index (χ1v) is 10.3. The van der Waals surface area contributed by atoms with E-state index in [0.717, 1.165) is 18.4 Å². The molecule has 0 aromatic heterocycles. The van der Waals surface area contributed by atoms with Gasteiger partial charge >= 0.3 is 6.09 Å². The lowest BCUT2D eigenvalue weighted by Crippen LogP contribution is -2.37. The number of fused-ring (bicyclic) bond motifs is 1. The quantitative estimate of drug-likeness (QED) is 0.694. The molecule has 7 nitrogen and oxygen atoms in total. The van der Waals surface area contributed by atoms with Crippen LogP contribution in [0.4, 0.5) is 4.79 Å². The highest BCUT2D eigenvalue weighted by Gasteiger charge is 2.55. The second-order valence-corrected chi connectivity index (χ2v) is 8.98. The fourth-order valence-electron chi connectivity index (χ4n) is 3.56. The van der Waals surface area contributed by atoms with Gasteiger partial charge in [0.1, 0.15) is 17.8 Å². The Balaban J connectivity index is 1.51. The van der Waals surface area contributed by atoms with E-state index in [1.807, 2.05) is 65.0 Å². The predicted molar refractivity (Wildman–Crippen MR) is 107 cm³/mol. The topological polar surface area (TPSA) is 75.3 Å². The minimum atomic E-state index is -0.688. The molecule has 1 amide bonds. The number of hydrogen-bond donors (Lipinski definition) is 1. The largest absolute Gasteiger partial charge is 0.444 e. The second kappa shape index (κ2) is 9.00. The SMILES string of the molecule is CC(C)(C)OC(=O)NCCCC1O[C@@H]2OC(C)(C)O[C@@H]2[C@H]1OCc1ccccc1. The van der Waals surface area contributed by atoms with Crippen molar-refractivity contribution in [1.82, 2.24) is 5.32 Å². The number of alkyl carbamates (subject to hydrolysis) is 1. The molecule has 7 heteroatoms. The number of carbonyl (C=O) groups is 1. The number of amides is 1. The van der Waals surface area contributed by atoms with E-state index in [-0.39, 0.29) is 18.3 Å². The number of nitrogens with one attached hydrogen (secondary N) is 1. The standard InChI is InChI=1S/C22H33NO6/c1-21(2,3)29-20(24)23-13-9-12-16-17(25-14-15-10-7-6-8-11-15)18-19(26-16)28-22(4,5)27-18/h6-8,10-11,16-19H,9,12-14H2,1-5H3,(H,23,24)/t16?,17-,18+,19+/m0/s1. The highest BCUT2D eigenvalue weighted by atomic mass is 16.8. The Bertz CT molecular complexity index is 672. The van der Waals surface area contributed by atoms with Crippen molar-refractivity contribution >= 4 is 6.09 Å². The number of carbonyl (C=O) groups excluding carboxylic acids is 1.